The summed E-state index contributed by atoms with van der Waals surface area (Å²) < 4.78 is 18.4. The molecule has 0 heterocycles. The van der Waals surface area contributed by atoms with E-state index in [0.29, 0.717) is 11.1 Å². The summed E-state index contributed by atoms with van der Waals surface area (Å²) in [6, 6.07) is 4.72. The van der Waals surface area contributed by atoms with Crippen molar-refractivity contribution in [3.63, 3.8) is 0 Å². The highest BCUT2D eigenvalue weighted by Gasteiger charge is 2.10. The van der Waals surface area contributed by atoms with Gasteiger partial charge in [-0.1, -0.05) is 12.1 Å². The van der Waals surface area contributed by atoms with E-state index in [4.69, 9.17) is 4.74 Å². The lowest BCUT2D eigenvalue weighted by Crippen LogP contribution is -2.12. The van der Waals surface area contributed by atoms with Crippen LogP contribution in [0.5, 0.6) is 0 Å². The van der Waals surface area contributed by atoms with Crippen LogP contribution in [0.15, 0.2) is 18.2 Å². The number of aliphatic hydroxyl groups is 1. The molecule has 84 valence electrons. The summed E-state index contributed by atoms with van der Waals surface area (Å²) in [5.41, 5.74) is 1.13. The van der Waals surface area contributed by atoms with Gasteiger partial charge in [-0.3, -0.25) is 0 Å². The van der Waals surface area contributed by atoms with Crippen LogP contribution >= 0.6 is 0 Å². The third-order valence-electron chi connectivity index (χ3n) is 2.17. The summed E-state index contributed by atoms with van der Waals surface area (Å²) in [7, 11) is 0. The number of benzene rings is 1. The molecule has 0 aliphatic heterocycles. The fraction of sp³-hybridized carbons (Fsp3) is 0.500. The Kier molecular flexibility index (Phi) is 4.24. The van der Waals surface area contributed by atoms with Crippen LogP contribution in [0.2, 0.25) is 0 Å². The average Bonchev–Trinajstić information content (AvgIpc) is 2.18. The molecule has 15 heavy (non-hydrogen) atoms. The van der Waals surface area contributed by atoms with E-state index in [1.807, 2.05) is 13.8 Å². The van der Waals surface area contributed by atoms with Gasteiger partial charge in [0, 0.05) is 0 Å². The highest BCUT2D eigenvalue weighted by atomic mass is 19.1. The predicted molar refractivity (Wildman–Crippen MR) is 57.2 cm³/mol. The Morgan fingerprint density at radius 3 is 2.60 bits per heavy atom. The Hall–Kier alpha value is -0.930. The van der Waals surface area contributed by atoms with Crippen LogP contribution in [0.4, 0.5) is 4.39 Å². The molecular weight excluding hydrogens is 195 g/mol. The Balaban J connectivity index is 2.65. The summed E-state index contributed by atoms with van der Waals surface area (Å²) >= 11 is 0. The second kappa shape index (κ2) is 5.24. The molecule has 0 amide bonds. The van der Waals surface area contributed by atoms with Crippen LogP contribution in [-0.2, 0) is 4.74 Å². The molecule has 0 aliphatic carbocycles. The van der Waals surface area contributed by atoms with E-state index in [2.05, 4.69) is 0 Å². The van der Waals surface area contributed by atoms with Gasteiger partial charge in [-0.25, -0.2) is 4.39 Å². The molecule has 1 atom stereocenters. The monoisotopic (exact) mass is 212 g/mol. The van der Waals surface area contributed by atoms with Crippen molar-refractivity contribution in [2.45, 2.75) is 33.0 Å². The maximum atomic E-state index is 13.2. The summed E-state index contributed by atoms with van der Waals surface area (Å²) in [5.74, 6) is -0.295. The molecule has 0 aromatic heterocycles. The van der Waals surface area contributed by atoms with Gasteiger partial charge in [0.1, 0.15) is 11.9 Å². The number of hydrogen-bond acceptors (Lipinski definition) is 2. The molecule has 1 rings (SSSR count). The fourth-order valence-corrected chi connectivity index (χ4v) is 1.20. The minimum Gasteiger partial charge on any atom is -0.386 e. The van der Waals surface area contributed by atoms with Gasteiger partial charge in [0.15, 0.2) is 0 Å². The molecule has 0 fully saturated rings. The van der Waals surface area contributed by atoms with Crippen LogP contribution in [0.1, 0.15) is 31.1 Å². The summed E-state index contributed by atoms with van der Waals surface area (Å²) in [6.45, 7) is 5.67. The maximum Gasteiger partial charge on any atom is 0.126 e. The Morgan fingerprint density at radius 2 is 2.07 bits per heavy atom. The molecule has 0 spiro atoms. The van der Waals surface area contributed by atoms with Gasteiger partial charge in [0.05, 0.1) is 12.7 Å². The maximum absolute atomic E-state index is 13.2. The van der Waals surface area contributed by atoms with E-state index in [1.165, 1.54) is 6.07 Å². The SMILES string of the molecule is Cc1ccc(C(O)COC(C)C)cc1F. The molecule has 1 aromatic rings. The lowest BCUT2D eigenvalue weighted by molar-refractivity contribution is 0.00482. The topological polar surface area (TPSA) is 29.5 Å². The summed E-state index contributed by atoms with van der Waals surface area (Å²) in [4.78, 5) is 0. The van der Waals surface area contributed by atoms with Crippen LogP contribution in [-0.4, -0.2) is 17.8 Å². The summed E-state index contributed by atoms with van der Waals surface area (Å²) in [6.07, 6.45) is -0.697. The molecule has 3 heteroatoms. The normalized spacial score (nSPS) is 13.2. The van der Waals surface area contributed by atoms with Crippen molar-refractivity contribution in [1.29, 1.82) is 0 Å². The Labute approximate surface area is 89.7 Å². The number of aryl methyl sites for hydroxylation is 1. The molecule has 0 saturated carbocycles. The van der Waals surface area contributed by atoms with Gasteiger partial charge in [-0.2, -0.15) is 0 Å². The van der Waals surface area contributed by atoms with E-state index < -0.39 is 6.10 Å². The zero-order valence-electron chi connectivity index (χ0n) is 9.33. The molecule has 1 N–H and O–H groups in total. The van der Waals surface area contributed by atoms with Crippen molar-refractivity contribution in [2.24, 2.45) is 0 Å². The molecule has 0 radical (unpaired) electrons. The fourth-order valence-electron chi connectivity index (χ4n) is 1.20. The molecule has 0 bridgehead atoms. The van der Waals surface area contributed by atoms with Gasteiger partial charge in [0.25, 0.3) is 0 Å². The zero-order valence-corrected chi connectivity index (χ0v) is 9.33. The second-order valence-electron chi connectivity index (χ2n) is 3.91. The van der Waals surface area contributed by atoms with Crippen molar-refractivity contribution in [3.8, 4) is 0 Å². The van der Waals surface area contributed by atoms with Crippen LogP contribution < -0.4 is 0 Å². The van der Waals surface area contributed by atoms with E-state index in [0.717, 1.165) is 0 Å². The first kappa shape index (κ1) is 12.1. The van der Waals surface area contributed by atoms with Crippen molar-refractivity contribution < 1.29 is 14.2 Å². The third kappa shape index (κ3) is 3.61. The Morgan fingerprint density at radius 1 is 1.40 bits per heavy atom. The lowest BCUT2D eigenvalue weighted by Gasteiger charge is -2.14. The molecule has 0 saturated heterocycles. The molecule has 1 aromatic carbocycles. The smallest absolute Gasteiger partial charge is 0.126 e. The van der Waals surface area contributed by atoms with Crippen molar-refractivity contribution in [1.82, 2.24) is 0 Å². The molecular formula is C12H17FO2. The highest BCUT2D eigenvalue weighted by Crippen LogP contribution is 2.17. The number of hydrogen-bond donors (Lipinski definition) is 1. The number of aliphatic hydroxyl groups excluding tert-OH is 1. The largest absolute Gasteiger partial charge is 0.386 e. The standard InChI is InChI=1S/C12H17FO2/c1-8(2)15-7-12(14)10-5-4-9(3)11(13)6-10/h4-6,8,12,14H,7H2,1-3H3. The Bertz CT molecular complexity index is 323. The van der Waals surface area contributed by atoms with Gasteiger partial charge in [-0.05, 0) is 38.0 Å². The number of rotatable bonds is 4. The van der Waals surface area contributed by atoms with Crippen LogP contribution in [0.3, 0.4) is 0 Å². The first-order valence-electron chi connectivity index (χ1n) is 5.06. The quantitative estimate of drug-likeness (QED) is 0.831. The van der Waals surface area contributed by atoms with Gasteiger partial charge in [-0.15, -0.1) is 0 Å². The first-order chi connectivity index (χ1) is 7.00. The van der Waals surface area contributed by atoms with Crippen molar-refractivity contribution in [3.05, 3.63) is 35.1 Å². The minimum atomic E-state index is -0.762. The van der Waals surface area contributed by atoms with E-state index in [9.17, 15) is 9.50 Å². The molecule has 1 unspecified atom stereocenters. The van der Waals surface area contributed by atoms with Crippen molar-refractivity contribution >= 4 is 0 Å². The summed E-state index contributed by atoms with van der Waals surface area (Å²) in [5, 5.41) is 9.69. The van der Waals surface area contributed by atoms with E-state index in [1.54, 1.807) is 19.1 Å². The van der Waals surface area contributed by atoms with E-state index in [-0.39, 0.29) is 18.5 Å². The van der Waals surface area contributed by atoms with Gasteiger partial charge >= 0.3 is 0 Å². The average molecular weight is 212 g/mol. The van der Waals surface area contributed by atoms with Gasteiger partial charge in [0.2, 0.25) is 0 Å². The lowest BCUT2D eigenvalue weighted by atomic mass is 10.1. The van der Waals surface area contributed by atoms with Crippen molar-refractivity contribution in [2.75, 3.05) is 6.61 Å². The highest BCUT2D eigenvalue weighted by molar-refractivity contribution is 5.24. The van der Waals surface area contributed by atoms with E-state index >= 15 is 0 Å². The number of ether oxygens (including phenoxy) is 1. The first-order valence-corrected chi connectivity index (χ1v) is 5.06. The third-order valence-corrected chi connectivity index (χ3v) is 2.17. The van der Waals surface area contributed by atoms with Gasteiger partial charge < -0.3 is 9.84 Å². The predicted octanol–water partition coefficient (Wildman–Crippen LogP) is 2.59. The van der Waals surface area contributed by atoms with Crippen LogP contribution in [0.25, 0.3) is 0 Å². The van der Waals surface area contributed by atoms with Crippen LogP contribution in [0, 0.1) is 12.7 Å². The number of halogens is 1. The zero-order chi connectivity index (χ0) is 11.4. The molecule has 2 nitrogen and oxygen atoms in total. The second-order valence-corrected chi connectivity index (χ2v) is 3.91. The molecule has 0 aliphatic rings. The minimum absolute atomic E-state index is 0.0648.